The number of ether oxygens (including phenoxy) is 1. The molecule has 0 spiro atoms. The van der Waals surface area contributed by atoms with Crippen LogP contribution in [0, 0.1) is 5.41 Å². The molecule has 3 heteroatoms. The molecular weight excluding hydrogens is 168 g/mol. The molecular formula is C10H20O3. The highest BCUT2D eigenvalue weighted by Gasteiger charge is 2.29. The predicted octanol–water partition coefficient (Wildman–Crippen LogP) is 1.84. The van der Waals surface area contributed by atoms with Crippen molar-refractivity contribution in [3.05, 3.63) is 0 Å². The van der Waals surface area contributed by atoms with Gasteiger partial charge in [-0.3, -0.25) is 4.79 Å². The van der Waals surface area contributed by atoms with Crippen LogP contribution in [0.1, 0.15) is 34.1 Å². The maximum absolute atomic E-state index is 11.2. The highest BCUT2D eigenvalue weighted by Crippen LogP contribution is 2.18. The zero-order chi connectivity index (χ0) is 10.9. The van der Waals surface area contributed by atoms with E-state index in [-0.39, 0.29) is 12.4 Å². The summed E-state index contributed by atoms with van der Waals surface area (Å²) in [7, 11) is 1.44. The normalized spacial score (nSPS) is 13.6. The first-order valence-electron chi connectivity index (χ1n) is 4.59. The fourth-order valence-electron chi connectivity index (χ4n) is 0.642. The van der Waals surface area contributed by atoms with E-state index in [2.05, 4.69) is 4.74 Å². The molecule has 0 aromatic heterocycles. The Morgan fingerprint density at radius 1 is 1.46 bits per heavy atom. The molecule has 0 bridgehead atoms. The summed E-state index contributed by atoms with van der Waals surface area (Å²) >= 11 is 0. The average Bonchev–Trinajstić information content (AvgIpc) is 2.20. The smallest absolute Gasteiger partial charge is 0.171 e. The molecule has 0 aromatic rings. The third-order valence-electron chi connectivity index (χ3n) is 1.91. The summed E-state index contributed by atoms with van der Waals surface area (Å²) in [4.78, 5) is 21.7. The molecule has 0 amide bonds. The first kappa shape index (κ1) is 14.8. The summed E-state index contributed by atoms with van der Waals surface area (Å²) in [6.07, 6.45) is 1.22. The van der Waals surface area contributed by atoms with Crippen molar-refractivity contribution in [1.82, 2.24) is 0 Å². The Hall–Kier alpha value is -0.700. The van der Waals surface area contributed by atoms with Crippen molar-refractivity contribution in [3.63, 3.8) is 0 Å². The summed E-state index contributed by atoms with van der Waals surface area (Å²) in [6, 6.07) is 0. The van der Waals surface area contributed by atoms with E-state index >= 15 is 0 Å². The van der Waals surface area contributed by atoms with E-state index in [0.717, 1.165) is 0 Å². The van der Waals surface area contributed by atoms with Gasteiger partial charge in [-0.1, -0.05) is 20.8 Å². The molecule has 0 rings (SSSR count). The van der Waals surface area contributed by atoms with Crippen LogP contribution < -0.4 is 0 Å². The summed E-state index contributed by atoms with van der Waals surface area (Å²) in [6.45, 7) is 7.45. The highest BCUT2D eigenvalue weighted by atomic mass is 16.5. The Labute approximate surface area is 80.5 Å². The maximum Gasteiger partial charge on any atom is 0.171 e. The summed E-state index contributed by atoms with van der Waals surface area (Å²) in [5.74, 6) is -0.155. The van der Waals surface area contributed by atoms with Crippen molar-refractivity contribution in [2.24, 2.45) is 5.41 Å². The molecule has 0 saturated heterocycles. The molecule has 1 unspecified atom stereocenters. The molecule has 0 heterocycles. The van der Waals surface area contributed by atoms with Crippen LogP contribution in [0.4, 0.5) is 0 Å². The van der Waals surface area contributed by atoms with E-state index in [9.17, 15) is 9.59 Å². The number of carbonyl (C=O) groups is 2. The molecule has 78 valence electrons. The number of rotatable bonds is 5. The lowest BCUT2D eigenvalue weighted by Gasteiger charge is -2.17. The maximum atomic E-state index is 11.2. The van der Waals surface area contributed by atoms with Crippen LogP contribution >= 0.6 is 0 Å². The average molecular weight is 188 g/mol. The third-order valence-corrected chi connectivity index (χ3v) is 1.91. The van der Waals surface area contributed by atoms with E-state index in [1.54, 1.807) is 6.92 Å². The van der Waals surface area contributed by atoms with Crippen LogP contribution in [-0.2, 0) is 14.3 Å². The second-order valence-corrected chi connectivity index (χ2v) is 2.75. The molecule has 0 radical (unpaired) electrons. The molecule has 13 heavy (non-hydrogen) atoms. The van der Waals surface area contributed by atoms with E-state index in [1.165, 1.54) is 7.11 Å². The van der Waals surface area contributed by atoms with E-state index in [0.29, 0.717) is 12.7 Å². The van der Waals surface area contributed by atoms with Crippen molar-refractivity contribution in [1.29, 1.82) is 0 Å². The van der Waals surface area contributed by atoms with Gasteiger partial charge in [-0.25, -0.2) is 0 Å². The van der Waals surface area contributed by atoms with Crippen LogP contribution in [0.3, 0.4) is 0 Å². The third kappa shape index (κ3) is 4.78. The van der Waals surface area contributed by atoms with E-state index in [4.69, 9.17) is 0 Å². The fraction of sp³-hybridized carbons (Fsp3) is 0.800. The first-order chi connectivity index (χ1) is 6.10. The Kier molecular flexibility index (Phi) is 9.02. The summed E-state index contributed by atoms with van der Waals surface area (Å²) < 4.78 is 4.65. The van der Waals surface area contributed by atoms with Gasteiger partial charge in [-0.05, 0) is 13.3 Å². The number of carbonyl (C=O) groups excluding carboxylic acids is 2. The second-order valence-electron chi connectivity index (χ2n) is 2.75. The van der Waals surface area contributed by atoms with Gasteiger partial charge in [-0.15, -0.1) is 0 Å². The summed E-state index contributed by atoms with van der Waals surface area (Å²) in [5, 5.41) is 0. The lowest BCUT2D eigenvalue weighted by atomic mass is 9.85. The number of methoxy groups -OCH3 is 1. The second kappa shape index (κ2) is 7.92. The van der Waals surface area contributed by atoms with Gasteiger partial charge in [0.25, 0.3) is 0 Å². The van der Waals surface area contributed by atoms with Crippen LogP contribution in [0.2, 0.25) is 0 Å². The number of hydrogen-bond acceptors (Lipinski definition) is 3. The quantitative estimate of drug-likeness (QED) is 0.488. The molecule has 0 aliphatic carbocycles. The van der Waals surface area contributed by atoms with Crippen LogP contribution in [0.5, 0.6) is 0 Å². The Morgan fingerprint density at radius 2 is 1.92 bits per heavy atom. The topological polar surface area (TPSA) is 43.4 Å². The SMILES string of the molecule is CC.CCC(C)(C=O)C(=O)COC. The number of Topliss-reactive ketones (excluding diaryl/α,β-unsaturated/α-hetero) is 1. The molecule has 0 aromatic carbocycles. The molecule has 1 atom stereocenters. The molecule has 0 N–H and O–H groups in total. The van der Waals surface area contributed by atoms with Gasteiger partial charge in [0.15, 0.2) is 5.78 Å². The van der Waals surface area contributed by atoms with Crippen LogP contribution in [-0.4, -0.2) is 25.8 Å². The van der Waals surface area contributed by atoms with Crippen molar-refractivity contribution >= 4 is 12.1 Å². The minimum atomic E-state index is -0.851. The van der Waals surface area contributed by atoms with Gasteiger partial charge in [0, 0.05) is 7.11 Å². The van der Waals surface area contributed by atoms with E-state index < -0.39 is 5.41 Å². The van der Waals surface area contributed by atoms with Gasteiger partial charge >= 0.3 is 0 Å². The number of ketones is 1. The molecule has 0 saturated carbocycles. The fourth-order valence-corrected chi connectivity index (χ4v) is 0.642. The largest absolute Gasteiger partial charge is 0.377 e. The zero-order valence-corrected chi connectivity index (χ0v) is 9.22. The molecule has 3 nitrogen and oxygen atoms in total. The van der Waals surface area contributed by atoms with Gasteiger partial charge in [0.05, 0.1) is 5.41 Å². The van der Waals surface area contributed by atoms with Gasteiger partial charge in [-0.2, -0.15) is 0 Å². The molecule has 0 aliphatic rings. The predicted molar refractivity (Wildman–Crippen MR) is 52.7 cm³/mol. The minimum Gasteiger partial charge on any atom is -0.377 e. The number of hydrogen-bond donors (Lipinski definition) is 0. The van der Waals surface area contributed by atoms with Crippen molar-refractivity contribution in [2.75, 3.05) is 13.7 Å². The lowest BCUT2D eigenvalue weighted by Crippen LogP contribution is -2.31. The van der Waals surface area contributed by atoms with Gasteiger partial charge in [0.2, 0.25) is 0 Å². The zero-order valence-electron chi connectivity index (χ0n) is 9.22. The van der Waals surface area contributed by atoms with E-state index in [1.807, 2.05) is 20.8 Å². The first-order valence-corrected chi connectivity index (χ1v) is 4.59. The van der Waals surface area contributed by atoms with Crippen molar-refractivity contribution < 1.29 is 14.3 Å². The Bertz CT molecular complexity index is 154. The molecule has 0 aliphatic heterocycles. The van der Waals surface area contributed by atoms with Gasteiger partial charge < -0.3 is 9.53 Å². The standard InChI is InChI=1S/C8H14O3.C2H6/c1-4-8(2,6-9)7(10)5-11-3;1-2/h6H,4-5H2,1-3H3;1-2H3. The van der Waals surface area contributed by atoms with Crippen molar-refractivity contribution in [3.8, 4) is 0 Å². The monoisotopic (exact) mass is 188 g/mol. The van der Waals surface area contributed by atoms with Crippen molar-refractivity contribution in [2.45, 2.75) is 34.1 Å². The summed E-state index contributed by atoms with van der Waals surface area (Å²) in [5.41, 5.74) is -0.851. The molecule has 0 fully saturated rings. The highest BCUT2D eigenvalue weighted by molar-refractivity contribution is 5.98. The lowest BCUT2D eigenvalue weighted by molar-refractivity contribution is -0.136. The minimum absolute atomic E-state index is 0.0169. The van der Waals surface area contributed by atoms with Gasteiger partial charge in [0.1, 0.15) is 12.9 Å². The van der Waals surface area contributed by atoms with Crippen LogP contribution in [0.25, 0.3) is 0 Å². The van der Waals surface area contributed by atoms with Crippen LogP contribution in [0.15, 0.2) is 0 Å². The Morgan fingerprint density at radius 3 is 2.15 bits per heavy atom. The Balaban J connectivity index is 0. The number of aldehydes is 1.